The van der Waals surface area contributed by atoms with Crippen molar-refractivity contribution in [1.82, 2.24) is 10.2 Å². The predicted molar refractivity (Wildman–Crippen MR) is 89.8 cm³/mol. The van der Waals surface area contributed by atoms with Crippen molar-refractivity contribution >= 4 is 35.1 Å². The van der Waals surface area contributed by atoms with Crippen molar-refractivity contribution in [3.8, 4) is 0 Å². The number of esters is 1. The zero-order valence-electron chi connectivity index (χ0n) is 13.6. The number of rotatable bonds is 5. The summed E-state index contributed by atoms with van der Waals surface area (Å²) in [5.41, 5.74) is 1.40. The molecule has 2 N–H and O–H groups in total. The SMILES string of the molecule is COC(=O)C[C@H]1C(=O)NCCN1CC(=O)Nc1cccc(Cl)c1C. The van der Waals surface area contributed by atoms with Gasteiger partial charge in [-0.1, -0.05) is 17.7 Å². The minimum absolute atomic E-state index is 0.00103. The number of nitrogens with one attached hydrogen (secondary N) is 2. The summed E-state index contributed by atoms with van der Waals surface area (Å²) in [7, 11) is 1.27. The summed E-state index contributed by atoms with van der Waals surface area (Å²) in [5, 5.41) is 6.05. The minimum atomic E-state index is -0.711. The Morgan fingerprint density at radius 1 is 1.46 bits per heavy atom. The van der Waals surface area contributed by atoms with E-state index in [-0.39, 0.29) is 24.8 Å². The lowest BCUT2D eigenvalue weighted by molar-refractivity contribution is -0.146. The van der Waals surface area contributed by atoms with Gasteiger partial charge in [-0.2, -0.15) is 0 Å². The highest BCUT2D eigenvalue weighted by Crippen LogP contribution is 2.23. The standard InChI is InChI=1S/C16H20ClN3O4/c1-10-11(17)4-3-5-12(10)19-14(21)9-20-7-6-18-16(23)13(20)8-15(22)24-2/h3-5,13H,6-9H2,1-2H3,(H,18,23)(H,19,21)/t13-/m0/s1. The maximum Gasteiger partial charge on any atom is 0.307 e. The van der Waals surface area contributed by atoms with E-state index in [2.05, 4.69) is 15.4 Å². The smallest absolute Gasteiger partial charge is 0.307 e. The Morgan fingerprint density at radius 2 is 2.21 bits per heavy atom. The lowest BCUT2D eigenvalue weighted by Crippen LogP contribution is -2.57. The molecule has 0 bridgehead atoms. The van der Waals surface area contributed by atoms with E-state index in [1.54, 1.807) is 23.1 Å². The number of hydrogen-bond donors (Lipinski definition) is 2. The van der Waals surface area contributed by atoms with E-state index in [1.165, 1.54) is 7.11 Å². The van der Waals surface area contributed by atoms with Crippen molar-refractivity contribution in [2.24, 2.45) is 0 Å². The van der Waals surface area contributed by atoms with Crippen molar-refractivity contribution in [2.45, 2.75) is 19.4 Å². The van der Waals surface area contributed by atoms with Gasteiger partial charge in [0.25, 0.3) is 0 Å². The van der Waals surface area contributed by atoms with Crippen LogP contribution >= 0.6 is 11.6 Å². The molecule has 1 aliphatic rings. The Balaban J connectivity index is 2.03. The molecule has 1 aliphatic heterocycles. The Labute approximate surface area is 145 Å². The number of hydrogen-bond acceptors (Lipinski definition) is 5. The van der Waals surface area contributed by atoms with Crippen LogP contribution in [-0.2, 0) is 19.1 Å². The van der Waals surface area contributed by atoms with Crippen LogP contribution in [0.15, 0.2) is 18.2 Å². The number of anilines is 1. The number of ether oxygens (including phenoxy) is 1. The third-order valence-electron chi connectivity index (χ3n) is 3.92. The maximum atomic E-state index is 12.3. The van der Waals surface area contributed by atoms with E-state index in [4.69, 9.17) is 11.6 Å². The molecule has 0 aliphatic carbocycles. The van der Waals surface area contributed by atoms with E-state index in [1.807, 2.05) is 6.92 Å². The summed E-state index contributed by atoms with van der Waals surface area (Å²) >= 11 is 6.04. The van der Waals surface area contributed by atoms with Crippen LogP contribution in [0.4, 0.5) is 5.69 Å². The fraction of sp³-hybridized carbons (Fsp3) is 0.438. The molecule has 8 heteroatoms. The summed E-state index contributed by atoms with van der Waals surface area (Å²) in [6.45, 7) is 2.72. The number of amides is 2. The van der Waals surface area contributed by atoms with Gasteiger partial charge in [-0.15, -0.1) is 0 Å². The van der Waals surface area contributed by atoms with Gasteiger partial charge in [0, 0.05) is 23.8 Å². The molecule has 2 amide bonds. The monoisotopic (exact) mass is 353 g/mol. The molecule has 1 atom stereocenters. The molecule has 1 heterocycles. The lowest BCUT2D eigenvalue weighted by Gasteiger charge is -2.33. The molecule has 2 rings (SSSR count). The molecule has 1 aromatic carbocycles. The molecule has 1 fully saturated rings. The van der Waals surface area contributed by atoms with E-state index in [9.17, 15) is 14.4 Å². The average Bonchev–Trinajstić information content (AvgIpc) is 2.55. The predicted octanol–water partition coefficient (Wildman–Crippen LogP) is 0.950. The summed E-state index contributed by atoms with van der Waals surface area (Å²) in [6, 6.07) is 4.54. The molecular formula is C16H20ClN3O4. The zero-order chi connectivity index (χ0) is 17.7. The molecule has 7 nitrogen and oxygen atoms in total. The van der Waals surface area contributed by atoms with Crippen LogP contribution in [0.1, 0.15) is 12.0 Å². The van der Waals surface area contributed by atoms with E-state index < -0.39 is 12.0 Å². The quantitative estimate of drug-likeness (QED) is 0.769. The molecule has 130 valence electrons. The first-order valence-corrected chi connectivity index (χ1v) is 7.93. The molecule has 1 aromatic rings. The summed E-state index contributed by atoms with van der Waals surface area (Å²) < 4.78 is 4.62. The highest BCUT2D eigenvalue weighted by atomic mass is 35.5. The fourth-order valence-electron chi connectivity index (χ4n) is 2.53. The molecular weight excluding hydrogens is 334 g/mol. The fourth-order valence-corrected chi connectivity index (χ4v) is 2.71. The average molecular weight is 354 g/mol. The summed E-state index contributed by atoms with van der Waals surface area (Å²) in [6.07, 6.45) is -0.0915. The Kier molecular flexibility index (Phi) is 6.16. The number of carbonyl (C=O) groups excluding carboxylic acids is 3. The second-order valence-corrected chi connectivity index (χ2v) is 5.93. The van der Waals surface area contributed by atoms with E-state index in [0.717, 1.165) is 5.56 Å². The number of methoxy groups -OCH3 is 1. The van der Waals surface area contributed by atoms with Gasteiger partial charge >= 0.3 is 5.97 Å². The highest BCUT2D eigenvalue weighted by Gasteiger charge is 2.33. The van der Waals surface area contributed by atoms with E-state index in [0.29, 0.717) is 23.8 Å². The highest BCUT2D eigenvalue weighted by molar-refractivity contribution is 6.31. The zero-order valence-corrected chi connectivity index (χ0v) is 14.4. The second-order valence-electron chi connectivity index (χ2n) is 5.52. The number of piperazine rings is 1. The molecule has 0 saturated carbocycles. The van der Waals surface area contributed by atoms with Crippen LogP contribution in [0.5, 0.6) is 0 Å². The largest absolute Gasteiger partial charge is 0.469 e. The van der Waals surface area contributed by atoms with Crippen molar-refractivity contribution in [3.63, 3.8) is 0 Å². The third kappa shape index (κ3) is 4.46. The molecule has 0 aromatic heterocycles. The Bertz CT molecular complexity index is 650. The molecule has 24 heavy (non-hydrogen) atoms. The van der Waals surface area contributed by atoms with Crippen LogP contribution in [0.3, 0.4) is 0 Å². The molecule has 1 saturated heterocycles. The summed E-state index contributed by atoms with van der Waals surface area (Å²) in [4.78, 5) is 37.5. The number of benzene rings is 1. The normalized spacial score (nSPS) is 18.0. The third-order valence-corrected chi connectivity index (χ3v) is 4.33. The second kappa shape index (κ2) is 8.12. The number of nitrogens with zero attached hydrogens (tertiary/aromatic N) is 1. The Hall–Kier alpha value is -2.12. The van der Waals surface area contributed by atoms with Crippen LogP contribution in [0, 0.1) is 6.92 Å². The summed E-state index contributed by atoms with van der Waals surface area (Å²) in [5.74, 6) is -1.04. The molecule has 0 unspecified atom stereocenters. The van der Waals surface area contributed by atoms with Gasteiger partial charge in [-0.25, -0.2) is 0 Å². The lowest BCUT2D eigenvalue weighted by atomic mass is 10.1. The van der Waals surface area contributed by atoms with Crippen LogP contribution in [-0.4, -0.2) is 55.5 Å². The van der Waals surface area contributed by atoms with Crippen LogP contribution in [0.25, 0.3) is 0 Å². The first-order chi connectivity index (χ1) is 11.4. The molecule has 0 spiro atoms. The van der Waals surface area contributed by atoms with Crippen molar-refractivity contribution < 1.29 is 19.1 Å². The molecule has 0 radical (unpaired) electrons. The minimum Gasteiger partial charge on any atom is -0.469 e. The van der Waals surface area contributed by atoms with Crippen molar-refractivity contribution in [3.05, 3.63) is 28.8 Å². The van der Waals surface area contributed by atoms with Crippen molar-refractivity contribution in [2.75, 3.05) is 32.1 Å². The van der Waals surface area contributed by atoms with Gasteiger partial charge in [0.1, 0.15) is 6.04 Å². The van der Waals surface area contributed by atoms with Gasteiger partial charge in [0.15, 0.2) is 0 Å². The van der Waals surface area contributed by atoms with Gasteiger partial charge in [0.2, 0.25) is 11.8 Å². The first kappa shape index (κ1) is 18.2. The van der Waals surface area contributed by atoms with Crippen molar-refractivity contribution in [1.29, 1.82) is 0 Å². The van der Waals surface area contributed by atoms with Crippen LogP contribution in [0.2, 0.25) is 5.02 Å². The van der Waals surface area contributed by atoms with Gasteiger partial charge in [-0.05, 0) is 24.6 Å². The topological polar surface area (TPSA) is 87.7 Å². The number of carbonyl (C=O) groups is 3. The van der Waals surface area contributed by atoms with Gasteiger partial charge in [-0.3, -0.25) is 19.3 Å². The van der Waals surface area contributed by atoms with Gasteiger partial charge in [0.05, 0.1) is 20.1 Å². The van der Waals surface area contributed by atoms with Gasteiger partial charge < -0.3 is 15.4 Å². The van der Waals surface area contributed by atoms with Crippen LogP contribution < -0.4 is 10.6 Å². The van der Waals surface area contributed by atoms with E-state index >= 15 is 0 Å². The number of halogens is 1. The maximum absolute atomic E-state index is 12.3. The first-order valence-electron chi connectivity index (χ1n) is 7.56. The Morgan fingerprint density at radius 3 is 2.92 bits per heavy atom.